The van der Waals surface area contributed by atoms with Crippen LogP contribution in [-0.4, -0.2) is 23.4 Å². The summed E-state index contributed by atoms with van der Waals surface area (Å²) >= 11 is 13.4. The first kappa shape index (κ1) is 24.0. The highest BCUT2D eigenvalue weighted by Gasteiger charge is 2.65. The van der Waals surface area contributed by atoms with Gasteiger partial charge in [-0.05, 0) is 37.3 Å². The second-order valence-electron chi connectivity index (χ2n) is 7.62. The van der Waals surface area contributed by atoms with Crippen LogP contribution in [0.25, 0.3) is 0 Å². The van der Waals surface area contributed by atoms with E-state index in [1.807, 2.05) is 6.92 Å². The summed E-state index contributed by atoms with van der Waals surface area (Å²) < 4.78 is 43.7. The van der Waals surface area contributed by atoms with E-state index >= 15 is 0 Å². The van der Waals surface area contributed by atoms with Crippen molar-refractivity contribution in [1.29, 1.82) is 0 Å². The monoisotopic (exact) mass is 514 g/mol. The van der Waals surface area contributed by atoms with Gasteiger partial charge >= 0.3 is 6.18 Å². The SMILES string of the molecule is CC=C1C(=C2SC(C)C2NC(=O)c2ccccc2)NOC1(c1cc(Cl)cc(Cl)c1)C(F)(F)F. The fourth-order valence-corrected chi connectivity index (χ4v) is 5.70. The molecule has 0 saturated carbocycles. The first-order valence-corrected chi connectivity index (χ1v) is 11.6. The van der Waals surface area contributed by atoms with E-state index in [1.54, 1.807) is 30.3 Å². The molecule has 33 heavy (non-hydrogen) atoms. The standard InChI is InChI=1S/C23H19Cl2F3N2O2S/c1-3-17-19(20-18(12(2)33-20)29-21(31)13-7-5-4-6-8-13)30-32-22(17,23(26,27)28)14-9-15(24)11-16(25)10-14/h3-12,18,30H,1-2H3,(H,29,31). The summed E-state index contributed by atoms with van der Waals surface area (Å²) in [5.41, 5.74) is -0.0530. The van der Waals surface area contributed by atoms with Gasteiger partial charge in [-0.1, -0.05) is 54.4 Å². The molecule has 1 amide bonds. The Hall–Kier alpha value is -2.13. The number of thioether (sulfide) groups is 1. The molecule has 2 aliphatic heterocycles. The number of allylic oxidation sites excluding steroid dienone is 1. The maximum Gasteiger partial charge on any atom is 0.428 e. The van der Waals surface area contributed by atoms with Crippen molar-refractivity contribution in [2.75, 3.05) is 0 Å². The van der Waals surface area contributed by atoms with Gasteiger partial charge in [0, 0.05) is 36.9 Å². The number of halogens is 5. The van der Waals surface area contributed by atoms with Crippen LogP contribution in [0.4, 0.5) is 13.2 Å². The summed E-state index contributed by atoms with van der Waals surface area (Å²) in [5.74, 6) is -0.310. The molecule has 2 heterocycles. The van der Waals surface area contributed by atoms with Crippen LogP contribution >= 0.6 is 35.0 Å². The van der Waals surface area contributed by atoms with Crippen LogP contribution in [0.5, 0.6) is 0 Å². The molecule has 2 aromatic rings. The van der Waals surface area contributed by atoms with Gasteiger partial charge < -0.3 is 5.32 Å². The van der Waals surface area contributed by atoms with Gasteiger partial charge in [-0.25, -0.2) is 4.84 Å². The molecule has 3 atom stereocenters. The fourth-order valence-electron chi connectivity index (χ4n) is 3.98. The number of hydrogen-bond donors (Lipinski definition) is 2. The highest BCUT2D eigenvalue weighted by atomic mass is 35.5. The molecule has 2 fully saturated rings. The van der Waals surface area contributed by atoms with Gasteiger partial charge in [0.2, 0.25) is 5.60 Å². The Labute approximate surface area is 203 Å². The number of amides is 1. The van der Waals surface area contributed by atoms with Crippen molar-refractivity contribution in [3.63, 3.8) is 0 Å². The predicted octanol–water partition coefficient (Wildman–Crippen LogP) is 6.38. The molecule has 0 aromatic heterocycles. The lowest BCUT2D eigenvalue weighted by Crippen LogP contribution is -2.49. The molecular formula is C23H19Cl2F3N2O2S. The van der Waals surface area contributed by atoms with Gasteiger partial charge in [0.25, 0.3) is 5.91 Å². The van der Waals surface area contributed by atoms with Gasteiger partial charge in [0.1, 0.15) is 0 Å². The lowest BCUT2D eigenvalue weighted by Gasteiger charge is -2.38. The minimum Gasteiger partial charge on any atom is -0.344 e. The first-order valence-electron chi connectivity index (χ1n) is 9.99. The van der Waals surface area contributed by atoms with Crippen molar-refractivity contribution >= 4 is 40.9 Å². The van der Waals surface area contributed by atoms with E-state index in [9.17, 15) is 18.0 Å². The zero-order chi connectivity index (χ0) is 24.0. The van der Waals surface area contributed by atoms with Crippen LogP contribution in [0.3, 0.4) is 0 Å². The summed E-state index contributed by atoms with van der Waals surface area (Å²) in [5, 5.41) is 2.99. The van der Waals surface area contributed by atoms with Crippen molar-refractivity contribution < 1.29 is 22.8 Å². The molecule has 3 unspecified atom stereocenters. The van der Waals surface area contributed by atoms with E-state index in [0.717, 1.165) is 0 Å². The number of hydrogen-bond acceptors (Lipinski definition) is 4. The Kier molecular flexibility index (Phi) is 6.48. The molecule has 4 rings (SSSR count). The fraction of sp³-hybridized carbons (Fsp3) is 0.261. The van der Waals surface area contributed by atoms with E-state index in [4.69, 9.17) is 28.0 Å². The average molecular weight is 515 g/mol. The molecule has 0 bridgehead atoms. The van der Waals surface area contributed by atoms with Crippen LogP contribution in [-0.2, 0) is 10.4 Å². The second-order valence-corrected chi connectivity index (χ2v) is 9.91. The summed E-state index contributed by atoms with van der Waals surface area (Å²) in [6.07, 6.45) is -3.48. The van der Waals surface area contributed by atoms with E-state index < -0.39 is 17.8 Å². The molecule has 0 radical (unpaired) electrons. The summed E-state index contributed by atoms with van der Waals surface area (Å²) in [6, 6.07) is 11.9. The zero-order valence-electron chi connectivity index (χ0n) is 17.5. The minimum atomic E-state index is -4.83. The minimum absolute atomic E-state index is 0.0402. The maximum absolute atomic E-state index is 14.6. The molecule has 4 nitrogen and oxygen atoms in total. The van der Waals surface area contributed by atoms with Crippen LogP contribution in [0, 0.1) is 0 Å². The molecule has 174 valence electrons. The molecule has 2 aromatic carbocycles. The van der Waals surface area contributed by atoms with Crippen molar-refractivity contribution in [3.8, 4) is 0 Å². The summed E-state index contributed by atoms with van der Waals surface area (Å²) in [7, 11) is 0. The number of carbonyl (C=O) groups is 1. The quantitative estimate of drug-likeness (QED) is 0.499. The average Bonchev–Trinajstić information content (AvgIpc) is 3.15. The van der Waals surface area contributed by atoms with Crippen LogP contribution in [0.1, 0.15) is 29.8 Å². The normalized spacial score (nSPS) is 28.4. The van der Waals surface area contributed by atoms with Crippen LogP contribution in [0.2, 0.25) is 10.0 Å². The Balaban J connectivity index is 1.75. The largest absolute Gasteiger partial charge is 0.428 e. The van der Waals surface area contributed by atoms with Crippen LogP contribution < -0.4 is 10.8 Å². The number of hydroxylamine groups is 1. The maximum atomic E-state index is 14.6. The van der Waals surface area contributed by atoms with Crippen molar-refractivity contribution in [3.05, 3.63) is 92.0 Å². The molecule has 2 N–H and O–H groups in total. The van der Waals surface area contributed by atoms with E-state index in [1.165, 1.54) is 43.0 Å². The molecular weight excluding hydrogens is 496 g/mol. The smallest absolute Gasteiger partial charge is 0.344 e. The number of rotatable bonds is 3. The topological polar surface area (TPSA) is 50.4 Å². The first-order chi connectivity index (χ1) is 15.6. The molecule has 0 spiro atoms. The highest BCUT2D eigenvalue weighted by molar-refractivity contribution is 8.05. The van der Waals surface area contributed by atoms with E-state index in [2.05, 4.69) is 10.8 Å². The molecule has 2 aliphatic rings. The summed E-state index contributed by atoms with van der Waals surface area (Å²) in [6.45, 7) is 3.40. The third kappa shape index (κ3) is 4.14. The van der Waals surface area contributed by atoms with Gasteiger partial charge in [0.05, 0.1) is 11.7 Å². The van der Waals surface area contributed by atoms with Gasteiger partial charge in [-0.2, -0.15) is 13.2 Å². The highest BCUT2D eigenvalue weighted by Crippen LogP contribution is 2.56. The Morgan fingerprint density at radius 1 is 1.18 bits per heavy atom. The van der Waals surface area contributed by atoms with Crippen molar-refractivity contribution in [2.45, 2.75) is 36.9 Å². The number of alkyl halides is 3. The Morgan fingerprint density at radius 3 is 2.36 bits per heavy atom. The van der Waals surface area contributed by atoms with E-state index in [-0.39, 0.29) is 38.0 Å². The number of carbonyl (C=O) groups excluding carboxylic acids is 1. The lowest BCUT2D eigenvalue weighted by molar-refractivity contribution is -0.269. The Bertz CT molecular complexity index is 1130. The van der Waals surface area contributed by atoms with Crippen molar-refractivity contribution in [1.82, 2.24) is 10.8 Å². The van der Waals surface area contributed by atoms with Gasteiger partial charge in [0.15, 0.2) is 0 Å². The number of benzene rings is 2. The molecule has 0 aliphatic carbocycles. The Morgan fingerprint density at radius 2 is 1.82 bits per heavy atom. The molecule has 2 saturated heterocycles. The van der Waals surface area contributed by atoms with Gasteiger partial charge in [-0.15, -0.1) is 11.8 Å². The number of nitrogens with one attached hydrogen (secondary N) is 2. The third-order valence-electron chi connectivity index (χ3n) is 5.55. The molecule has 10 heteroatoms. The third-order valence-corrected chi connectivity index (χ3v) is 7.34. The van der Waals surface area contributed by atoms with Crippen molar-refractivity contribution in [2.24, 2.45) is 0 Å². The van der Waals surface area contributed by atoms with Gasteiger partial charge in [-0.3, -0.25) is 10.3 Å². The van der Waals surface area contributed by atoms with Crippen LogP contribution in [0.15, 0.2) is 70.8 Å². The lowest BCUT2D eigenvalue weighted by atomic mass is 9.83. The zero-order valence-corrected chi connectivity index (χ0v) is 19.8. The second kappa shape index (κ2) is 8.91. The van der Waals surface area contributed by atoms with E-state index in [0.29, 0.717) is 10.5 Å². The predicted molar refractivity (Wildman–Crippen MR) is 124 cm³/mol. The summed E-state index contributed by atoms with van der Waals surface area (Å²) in [4.78, 5) is 18.5.